The number of benzene rings is 1. The zero-order valence-electron chi connectivity index (χ0n) is 13.3. The van der Waals surface area contributed by atoms with Crippen LogP contribution in [0.1, 0.15) is 18.4 Å². The molecule has 1 amide bonds. The first-order chi connectivity index (χ1) is 11.7. The van der Waals surface area contributed by atoms with Gasteiger partial charge in [-0.15, -0.1) is 18.3 Å². The van der Waals surface area contributed by atoms with Crippen LogP contribution < -0.4 is 10.1 Å². The molecule has 2 rings (SSSR count). The zero-order chi connectivity index (χ0) is 17.5. The largest absolute Gasteiger partial charge is 0.494 e. The van der Waals surface area contributed by atoms with Crippen molar-refractivity contribution < 1.29 is 9.53 Å². The maximum atomic E-state index is 12.4. The second-order valence-corrected chi connectivity index (χ2v) is 6.03. The Hall–Kier alpha value is -2.70. The zero-order valence-corrected chi connectivity index (χ0v) is 14.1. The number of nitrogens with one attached hydrogen (secondary N) is 1. The van der Waals surface area contributed by atoms with Crippen LogP contribution in [0.15, 0.2) is 47.5 Å². The van der Waals surface area contributed by atoms with Gasteiger partial charge in [-0.3, -0.25) is 4.79 Å². The number of carbonyl (C=O) groups is 1. The predicted octanol–water partition coefficient (Wildman–Crippen LogP) is 3.09. The van der Waals surface area contributed by atoms with Crippen molar-refractivity contribution in [1.29, 1.82) is 10.5 Å². The molecule has 0 spiro atoms. The number of hydrogen-bond donors (Lipinski definition) is 1. The van der Waals surface area contributed by atoms with Crippen molar-refractivity contribution in [2.24, 2.45) is 5.92 Å². The van der Waals surface area contributed by atoms with E-state index in [9.17, 15) is 15.3 Å². The summed E-state index contributed by atoms with van der Waals surface area (Å²) >= 11 is 1.32. The number of hydrogen-bond acceptors (Lipinski definition) is 5. The first-order valence-corrected chi connectivity index (χ1v) is 8.46. The highest BCUT2D eigenvalue weighted by Gasteiger charge is 2.40. The molecule has 1 heterocycles. The van der Waals surface area contributed by atoms with E-state index in [1.807, 2.05) is 25.1 Å². The van der Waals surface area contributed by atoms with E-state index in [-0.39, 0.29) is 0 Å². The van der Waals surface area contributed by atoms with Gasteiger partial charge >= 0.3 is 0 Å². The molecule has 6 heteroatoms. The Morgan fingerprint density at radius 1 is 1.42 bits per heavy atom. The van der Waals surface area contributed by atoms with E-state index in [0.717, 1.165) is 0 Å². The molecular weight excluding hydrogens is 322 g/mol. The highest BCUT2D eigenvalue weighted by atomic mass is 32.2. The number of nitriles is 2. The standard InChI is InChI=1S/C18H17N3O2S/c1-3-9-24-18-14(11-20)16(13(10-19)17(22)21-18)12-7-5-6-8-15(12)23-4-2/h3,5-8,13,16H,1,4,9H2,2H3,(H,21,22)/t13-,16-/m0/s1. The fourth-order valence-electron chi connectivity index (χ4n) is 2.59. The minimum Gasteiger partial charge on any atom is -0.494 e. The third-order valence-corrected chi connectivity index (χ3v) is 4.58. The van der Waals surface area contributed by atoms with Crippen molar-refractivity contribution >= 4 is 17.7 Å². The predicted molar refractivity (Wildman–Crippen MR) is 92.9 cm³/mol. The summed E-state index contributed by atoms with van der Waals surface area (Å²) in [4.78, 5) is 12.4. The van der Waals surface area contributed by atoms with E-state index < -0.39 is 17.7 Å². The topological polar surface area (TPSA) is 85.9 Å². The van der Waals surface area contributed by atoms with Gasteiger partial charge in [0, 0.05) is 11.3 Å². The van der Waals surface area contributed by atoms with Crippen molar-refractivity contribution in [2.45, 2.75) is 12.8 Å². The lowest BCUT2D eigenvalue weighted by Gasteiger charge is -2.29. The third kappa shape index (κ3) is 3.45. The van der Waals surface area contributed by atoms with Crippen LogP contribution >= 0.6 is 11.8 Å². The van der Waals surface area contributed by atoms with Gasteiger partial charge in [-0.2, -0.15) is 10.5 Å². The molecule has 1 N–H and O–H groups in total. The Kier molecular flexibility index (Phi) is 6.06. The molecule has 24 heavy (non-hydrogen) atoms. The van der Waals surface area contributed by atoms with Crippen LogP contribution in [0.25, 0.3) is 0 Å². The molecule has 0 bridgehead atoms. The lowest BCUT2D eigenvalue weighted by Crippen LogP contribution is -2.39. The Morgan fingerprint density at radius 2 is 2.17 bits per heavy atom. The second kappa shape index (κ2) is 8.24. The number of amides is 1. The number of para-hydroxylation sites is 1. The molecule has 5 nitrogen and oxygen atoms in total. The van der Waals surface area contributed by atoms with Crippen molar-refractivity contribution in [2.75, 3.05) is 12.4 Å². The van der Waals surface area contributed by atoms with Gasteiger partial charge in [0.2, 0.25) is 5.91 Å². The normalized spacial score (nSPS) is 19.9. The van der Waals surface area contributed by atoms with E-state index in [4.69, 9.17) is 4.74 Å². The van der Waals surface area contributed by atoms with Crippen LogP contribution in [0, 0.1) is 28.6 Å². The number of allylic oxidation sites excluding steroid dienone is 1. The maximum Gasteiger partial charge on any atom is 0.243 e. The molecule has 0 radical (unpaired) electrons. The number of rotatable bonds is 6. The fraction of sp³-hybridized carbons (Fsp3) is 0.278. The summed E-state index contributed by atoms with van der Waals surface area (Å²) in [5, 5.41) is 22.3. The number of ether oxygens (including phenoxy) is 1. The average molecular weight is 339 g/mol. The Balaban J connectivity index is 2.61. The van der Waals surface area contributed by atoms with Gasteiger partial charge in [-0.25, -0.2) is 0 Å². The van der Waals surface area contributed by atoms with Crippen LogP contribution in [-0.2, 0) is 4.79 Å². The van der Waals surface area contributed by atoms with E-state index in [0.29, 0.717) is 34.3 Å². The Morgan fingerprint density at radius 3 is 2.79 bits per heavy atom. The second-order valence-electron chi connectivity index (χ2n) is 5.00. The lowest BCUT2D eigenvalue weighted by molar-refractivity contribution is -0.123. The summed E-state index contributed by atoms with van der Waals surface area (Å²) in [6.07, 6.45) is 1.69. The smallest absolute Gasteiger partial charge is 0.243 e. The molecule has 1 aromatic carbocycles. The summed E-state index contributed by atoms with van der Waals surface area (Å²) in [5.74, 6) is -0.893. The van der Waals surface area contributed by atoms with Gasteiger partial charge < -0.3 is 10.1 Å². The number of nitrogens with zero attached hydrogens (tertiary/aromatic N) is 2. The highest BCUT2D eigenvalue weighted by Crippen LogP contribution is 2.42. The Labute approximate surface area is 145 Å². The SMILES string of the molecule is C=CCSC1=C(C#N)[C@@H](c2ccccc2OCC)[C@H](C#N)C(=O)N1. The summed E-state index contributed by atoms with van der Waals surface area (Å²) in [6, 6.07) is 11.4. The molecule has 1 aromatic rings. The third-order valence-electron chi connectivity index (χ3n) is 3.57. The van der Waals surface area contributed by atoms with Gasteiger partial charge in [0.15, 0.2) is 0 Å². The molecule has 1 aliphatic rings. The van der Waals surface area contributed by atoms with Gasteiger partial charge in [0.1, 0.15) is 11.7 Å². The quantitative estimate of drug-likeness (QED) is 0.805. The number of thioether (sulfide) groups is 1. The van der Waals surface area contributed by atoms with E-state index >= 15 is 0 Å². The van der Waals surface area contributed by atoms with Crippen molar-refractivity contribution in [3.63, 3.8) is 0 Å². The minimum absolute atomic E-state index is 0.375. The number of carbonyl (C=O) groups excluding carboxylic acids is 1. The summed E-state index contributed by atoms with van der Waals surface area (Å²) in [6.45, 7) is 5.97. The van der Waals surface area contributed by atoms with Crippen LogP contribution in [0.2, 0.25) is 0 Å². The van der Waals surface area contributed by atoms with Gasteiger partial charge in [0.25, 0.3) is 0 Å². The van der Waals surface area contributed by atoms with Gasteiger partial charge in [-0.1, -0.05) is 24.3 Å². The molecule has 0 aromatic heterocycles. The summed E-state index contributed by atoms with van der Waals surface area (Å²) in [5.41, 5.74) is 1.05. The van der Waals surface area contributed by atoms with Crippen molar-refractivity contribution in [3.05, 3.63) is 53.1 Å². The lowest BCUT2D eigenvalue weighted by atomic mass is 9.79. The first kappa shape index (κ1) is 17.7. The first-order valence-electron chi connectivity index (χ1n) is 7.48. The Bertz CT molecular complexity index is 758. The molecule has 0 unspecified atom stereocenters. The summed E-state index contributed by atoms with van der Waals surface area (Å²) in [7, 11) is 0. The van der Waals surface area contributed by atoms with Crippen LogP contribution in [0.5, 0.6) is 5.75 Å². The average Bonchev–Trinajstić information content (AvgIpc) is 2.60. The molecule has 1 aliphatic heterocycles. The maximum absolute atomic E-state index is 12.4. The van der Waals surface area contributed by atoms with Gasteiger partial charge in [-0.05, 0) is 13.0 Å². The molecule has 0 saturated carbocycles. The van der Waals surface area contributed by atoms with Crippen LogP contribution in [-0.4, -0.2) is 18.3 Å². The van der Waals surface area contributed by atoms with Crippen LogP contribution in [0.4, 0.5) is 0 Å². The molecule has 0 aliphatic carbocycles. The molecule has 2 atom stereocenters. The van der Waals surface area contributed by atoms with E-state index in [2.05, 4.69) is 18.0 Å². The van der Waals surface area contributed by atoms with E-state index in [1.54, 1.807) is 18.2 Å². The summed E-state index contributed by atoms with van der Waals surface area (Å²) < 4.78 is 5.63. The molecule has 122 valence electrons. The minimum atomic E-state index is -0.977. The van der Waals surface area contributed by atoms with Crippen molar-refractivity contribution in [3.8, 4) is 17.9 Å². The van der Waals surface area contributed by atoms with Crippen LogP contribution in [0.3, 0.4) is 0 Å². The van der Waals surface area contributed by atoms with Crippen molar-refractivity contribution in [1.82, 2.24) is 5.32 Å². The fourth-order valence-corrected chi connectivity index (χ4v) is 3.37. The highest BCUT2D eigenvalue weighted by molar-refractivity contribution is 8.03. The van der Waals surface area contributed by atoms with Gasteiger partial charge in [0.05, 0.1) is 35.3 Å². The monoisotopic (exact) mass is 339 g/mol. The molecule has 0 saturated heterocycles. The molecular formula is C18H17N3O2S. The van der Waals surface area contributed by atoms with E-state index in [1.165, 1.54) is 11.8 Å². The molecule has 0 fully saturated rings.